The van der Waals surface area contributed by atoms with E-state index in [-0.39, 0.29) is 5.75 Å². The van der Waals surface area contributed by atoms with Crippen molar-refractivity contribution in [1.29, 1.82) is 0 Å². The van der Waals surface area contributed by atoms with Gasteiger partial charge in [-0.15, -0.1) is 0 Å². The van der Waals surface area contributed by atoms with E-state index < -0.39 is 5.63 Å². The van der Waals surface area contributed by atoms with Gasteiger partial charge in [0.05, 0.1) is 0 Å². The Morgan fingerprint density at radius 2 is 1.79 bits per heavy atom. The Morgan fingerprint density at radius 1 is 1.00 bits per heavy atom. The summed E-state index contributed by atoms with van der Waals surface area (Å²) in [6.45, 7) is 0. The second kappa shape index (κ2) is 4.82. The van der Waals surface area contributed by atoms with Crippen molar-refractivity contribution in [3.63, 3.8) is 0 Å². The van der Waals surface area contributed by atoms with Crippen LogP contribution >= 0.6 is 11.8 Å². The number of hydrogen-bond acceptors (Lipinski definition) is 4. The molecule has 0 radical (unpaired) electrons. The first-order valence-corrected chi connectivity index (χ1v) is 6.54. The molecule has 4 heteroatoms. The largest absolute Gasteiger partial charge is 0.508 e. The van der Waals surface area contributed by atoms with Crippen LogP contribution in [-0.2, 0) is 0 Å². The third-order valence-corrected chi connectivity index (χ3v) is 3.72. The molecule has 0 saturated carbocycles. The first-order chi connectivity index (χ1) is 9.22. The lowest BCUT2D eigenvalue weighted by molar-refractivity contribution is 0.475. The molecule has 2 aromatic carbocycles. The predicted octanol–water partition coefficient (Wildman–Crippen LogP) is 3.65. The van der Waals surface area contributed by atoms with E-state index in [1.54, 1.807) is 12.1 Å². The number of phenolic OH excluding ortho intramolecular Hbond substituents is 1. The molecule has 0 unspecified atom stereocenters. The highest BCUT2D eigenvalue weighted by Crippen LogP contribution is 2.33. The Hall–Kier alpha value is -2.20. The number of hydrogen-bond donors (Lipinski definition) is 1. The average Bonchev–Trinajstić information content (AvgIpc) is 2.41. The summed E-state index contributed by atoms with van der Waals surface area (Å²) in [4.78, 5) is 13.3. The normalized spacial score (nSPS) is 10.7. The maximum absolute atomic E-state index is 11.5. The number of aromatic hydroxyl groups is 1. The molecule has 0 atom stereocenters. The zero-order valence-electron chi connectivity index (χ0n) is 9.87. The van der Waals surface area contributed by atoms with Gasteiger partial charge < -0.3 is 9.52 Å². The molecule has 0 amide bonds. The van der Waals surface area contributed by atoms with Gasteiger partial charge in [0.1, 0.15) is 11.3 Å². The lowest BCUT2D eigenvalue weighted by Gasteiger charge is -2.05. The summed E-state index contributed by atoms with van der Waals surface area (Å²) < 4.78 is 5.11. The molecule has 0 fully saturated rings. The van der Waals surface area contributed by atoms with Crippen molar-refractivity contribution < 1.29 is 9.52 Å². The highest BCUT2D eigenvalue weighted by atomic mass is 32.2. The minimum absolute atomic E-state index is 0.149. The van der Waals surface area contributed by atoms with Gasteiger partial charge in [0.25, 0.3) is 0 Å². The predicted molar refractivity (Wildman–Crippen MR) is 74.7 cm³/mol. The highest BCUT2D eigenvalue weighted by molar-refractivity contribution is 7.99. The van der Waals surface area contributed by atoms with Crippen LogP contribution in [0.3, 0.4) is 0 Å². The van der Waals surface area contributed by atoms with Crippen LogP contribution in [0.25, 0.3) is 11.0 Å². The van der Waals surface area contributed by atoms with E-state index >= 15 is 0 Å². The summed E-state index contributed by atoms with van der Waals surface area (Å²) in [7, 11) is 0. The van der Waals surface area contributed by atoms with Crippen LogP contribution in [0.4, 0.5) is 0 Å². The van der Waals surface area contributed by atoms with Gasteiger partial charge in [-0.3, -0.25) is 0 Å². The fraction of sp³-hybridized carbons (Fsp3) is 0. The Kier molecular flexibility index (Phi) is 3.01. The Morgan fingerprint density at radius 3 is 2.58 bits per heavy atom. The van der Waals surface area contributed by atoms with Gasteiger partial charge in [-0.1, -0.05) is 30.0 Å². The molecule has 3 nitrogen and oxygen atoms in total. The summed E-state index contributed by atoms with van der Waals surface area (Å²) >= 11 is 1.47. The molecule has 0 bridgehead atoms. The highest BCUT2D eigenvalue weighted by Gasteiger charge is 2.08. The zero-order valence-corrected chi connectivity index (χ0v) is 10.7. The van der Waals surface area contributed by atoms with E-state index in [4.69, 9.17) is 4.42 Å². The Bertz CT molecular complexity index is 778. The summed E-state index contributed by atoms with van der Waals surface area (Å²) in [5, 5.41) is 10.3. The van der Waals surface area contributed by atoms with Crippen LogP contribution in [0.5, 0.6) is 5.75 Å². The summed E-state index contributed by atoms with van der Waals surface area (Å²) in [5.41, 5.74) is 0.0837. The minimum atomic E-state index is -0.392. The Labute approximate surface area is 113 Å². The monoisotopic (exact) mass is 270 g/mol. The lowest BCUT2D eigenvalue weighted by Crippen LogP contribution is -1.97. The van der Waals surface area contributed by atoms with E-state index in [1.807, 2.05) is 30.3 Å². The standard InChI is InChI=1S/C15H10O3S/c16-10-6-7-13-12(8-10)14(9-15(17)18-13)19-11-4-2-1-3-5-11/h1-9,16H. The van der Waals surface area contributed by atoms with E-state index in [1.165, 1.54) is 23.9 Å². The van der Waals surface area contributed by atoms with Crippen molar-refractivity contribution in [2.45, 2.75) is 9.79 Å². The topological polar surface area (TPSA) is 50.4 Å². The molecule has 3 aromatic rings. The van der Waals surface area contributed by atoms with Gasteiger partial charge in [0.15, 0.2) is 0 Å². The first-order valence-electron chi connectivity index (χ1n) is 5.72. The molecule has 1 heterocycles. The summed E-state index contributed by atoms with van der Waals surface area (Å²) in [6.07, 6.45) is 0. The molecule has 0 aliphatic heterocycles. The second-order valence-corrected chi connectivity index (χ2v) is 5.14. The molecular formula is C15H10O3S. The van der Waals surface area contributed by atoms with E-state index in [0.29, 0.717) is 5.58 Å². The zero-order chi connectivity index (χ0) is 13.2. The molecule has 1 N–H and O–H groups in total. The quantitative estimate of drug-likeness (QED) is 0.722. The van der Waals surface area contributed by atoms with Crippen molar-refractivity contribution in [2.24, 2.45) is 0 Å². The fourth-order valence-electron chi connectivity index (χ4n) is 1.82. The minimum Gasteiger partial charge on any atom is -0.508 e. The number of fused-ring (bicyclic) bond motifs is 1. The van der Waals surface area contributed by atoms with Gasteiger partial charge in [0, 0.05) is 21.2 Å². The van der Waals surface area contributed by atoms with Crippen molar-refractivity contribution >= 4 is 22.7 Å². The van der Waals surface area contributed by atoms with Gasteiger partial charge in [0.2, 0.25) is 0 Å². The smallest absolute Gasteiger partial charge is 0.337 e. The molecule has 94 valence electrons. The van der Waals surface area contributed by atoms with Crippen LogP contribution in [0.1, 0.15) is 0 Å². The van der Waals surface area contributed by atoms with E-state index in [0.717, 1.165) is 15.2 Å². The van der Waals surface area contributed by atoms with Gasteiger partial charge >= 0.3 is 5.63 Å². The second-order valence-electron chi connectivity index (χ2n) is 4.03. The van der Waals surface area contributed by atoms with E-state index in [2.05, 4.69) is 0 Å². The maximum atomic E-state index is 11.5. The molecule has 19 heavy (non-hydrogen) atoms. The first kappa shape index (κ1) is 11.9. The van der Waals surface area contributed by atoms with Crippen LogP contribution in [-0.4, -0.2) is 5.11 Å². The molecule has 0 aliphatic carbocycles. The van der Waals surface area contributed by atoms with Gasteiger partial charge in [-0.25, -0.2) is 4.79 Å². The summed E-state index contributed by atoms with van der Waals surface area (Å²) in [6, 6.07) is 15.9. The van der Waals surface area contributed by atoms with Crippen molar-refractivity contribution in [1.82, 2.24) is 0 Å². The molecular weight excluding hydrogens is 260 g/mol. The van der Waals surface area contributed by atoms with Gasteiger partial charge in [-0.2, -0.15) is 0 Å². The molecule has 0 spiro atoms. The van der Waals surface area contributed by atoms with Crippen LogP contribution in [0.15, 0.2) is 73.6 Å². The van der Waals surface area contributed by atoms with Crippen molar-refractivity contribution in [3.05, 3.63) is 65.0 Å². The number of benzene rings is 2. The van der Waals surface area contributed by atoms with E-state index in [9.17, 15) is 9.90 Å². The molecule has 0 aliphatic rings. The van der Waals surface area contributed by atoms with Crippen molar-refractivity contribution in [2.75, 3.05) is 0 Å². The average molecular weight is 270 g/mol. The van der Waals surface area contributed by atoms with Crippen LogP contribution in [0, 0.1) is 0 Å². The molecule has 0 saturated heterocycles. The lowest BCUT2D eigenvalue weighted by atomic mass is 10.2. The number of phenols is 1. The maximum Gasteiger partial charge on any atom is 0.337 e. The molecule has 3 rings (SSSR count). The number of rotatable bonds is 2. The molecule has 1 aromatic heterocycles. The SMILES string of the molecule is O=c1cc(Sc2ccccc2)c2cc(O)ccc2o1. The third-order valence-electron chi connectivity index (χ3n) is 2.66. The third kappa shape index (κ3) is 2.48. The summed E-state index contributed by atoms with van der Waals surface area (Å²) in [5.74, 6) is 0.149. The fourth-order valence-corrected chi connectivity index (χ4v) is 2.79. The van der Waals surface area contributed by atoms with Crippen LogP contribution in [0.2, 0.25) is 0 Å². The van der Waals surface area contributed by atoms with Crippen LogP contribution < -0.4 is 5.63 Å². The van der Waals surface area contributed by atoms with Crippen molar-refractivity contribution in [3.8, 4) is 5.75 Å². The Balaban J connectivity index is 2.17. The van der Waals surface area contributed by atoms with Gasteiger partial charge in [-0.05, 0) is 30.3 Å².